The summed E-state index contributed by atoms with van der Waals surface area (Å²) in [6.07, 6.45) is 7.45. The third-order valence-electron chi connectivity index (χ3n) is 5.91. The fourth-order valence-electron chi connectivity index (χ4n) is 4.63. The molecule has 0 amide bonds. The zero-order valence-electron chi connectivity index (χ0n) is 13.7. The van der Waals surface area contributed by atoms with Gasteiger partial charge in [0.05, 0.1) is 0 Å². The summed E-state index contributed by atoms with van der Waals surface area (Å²) in [5, 5.41) is 0. The Balaban J connectivity index is 0.000000845. The zero-order chi connectivity index (χ0) is 14.9. The monoisotopic (exact) mass is 430 g/mol. The van der Waals surface area contributed by atoms with Crippen LogP contribution >= 0.6 is 0 Å². The Bertz CT molecular complexity index is 866. The van der Waals surface area contributed by atoms with Gasteiger partial charge in [0.15, 0.2) is 0 Å². The molecule has 120 valence electrons. The smallest absolute Gasteiger partial charge is 1.00 e. The summed E-state index contributed by atoms with van der Waals surface area (Å²) < 4.78 is 1.09. The molecule has 5 rings (SSSR count). The van der Waals surface area contributed by atoms with Crippen LogP contribution in [0.3, 0.4) is 0 Å². The zero-order valence-corrected chi connectivity index (χ0v) is 17.7. The first-order valence-corrected chi connectivity index (χ1v) is 10.7. The largest absolute Gasteiger partial charge is 1.00 e. The first kappa shape index (κ1) is 18.2. The van der Waals surface area contributed by atoms with E-state index in [1.165, 1.54) is 11.1 Å². The van der Waals surface area contributed by atoms with E-state index in [9.17, 15) is 0 Å². The first-order chi connectivity index (χ1) is 10.6. The molecule has 2 unspecified atom stereocenters. The molecule has 3 heteroatoms. The number of halogens is 2. The van der Waals surface area contributed by atoms with Crippen LogP contribution in [0.1, 0.15) is 39.7 Å². The predicted octanol–water partition coefficient (Wildman–Crippen LogP) is -0.823. The molecule has 1 spiro atoms. The van der Waals surface area contributed by atoms with Gasteiger partial charge in [-0.1, -0.05) is 0 Å². The van der Waals surface area contributed by atoms with Gasteiger partial charge in [-0.15, -0.1) is 0 Å². The fourth-order valence-corrected chi connectivity index (χ4v) is 10.9. The van der Waals surface area contributed by atoms with Gasteiger partial charge in [0, 0.05) is 0 Å². The Morgan fingerprint density at radius 3 is 2.33 bits per heavy atom. The van der Waals surface area contributed by atoms with Crippen molar-refractivity contribution in [3.63, 3.8) is 0 Å². The van der Waals surface area contributed by atoms with E-state index in [0.717, 1.165) is 3.63 Å². The Kier molecular flexibility index (Phi) is 4.53. The summed E-state index contributed by atoms with van der Waals surface area (Å²) in [7, 11) is 0. The molecule has 2 atom stereocenters. The van der Waals surface area contributed by atoms with Gasteiger partial charge in [-0.05, 0) is 0 Å². The summed E-state index contributed by atoms with van der Waals surface area (Å²) in [5.74, 6) is 0. The maximum absolute atomic E-state index is 2.56. The molecular formula is C21H18Cl2Zr. The van der Waals surface area contributed by atoms with Crippen LogP contribution in [-0.2, 0) is 26.4 Å². The van der Waals surface area contributed by atoms with Gasteiger partial charge in [-0.3, -0.25) is 0 Å². The van der Waals surface area contributed by atoms with Crippen LogP contribution in [0.25, 0.3) is 12.2 Å². The van der Waals surface area contributed by atoms with Crippen molar-refractivity contribution in [2.24, 2.45) is 5.41 Å². The number of hydrogen-bond donors (Lipinski definition) is 0. The second-order valence-electron chi connectivity index (χ2n) is 7.16. The Morgan fingerprint density at radius 1 is 0.875 bits per heavy atom. The molecule has 1 fully saturated rings. The van der Waals surface area contributed by atoms with E-state index in [1.54, 1.807) is 16.7 Å². The molecule has 0 bridgehead atoms. The minimum Gasteiger partial charge on any atom is -1.00 e. The van der Waals surface area contributed by atoms with Crippen molar-refractivity contribution in [2.45, 2.75) is 20.6 Å². The van der Waals surface area contributed by atoms with Gasteiger partial charge in [0.2, 0.25) is 0 Å². The van der Waals surface area contributed by atoms with Gasteiger partial charge in [0.25, 0.3) is 0 Å². The second kappa shape index (κ2) is 5.98. The maximum Gasteiger partial charge on any atom is -1.00 e. The van der Waals surface area contributed by atoms with Gasteiger partial charge >= 0.3 is 144 Å². The average molecular weight is 433 g/mol. The van der Waals surface area contributed by atoms with Gasteiger partial charge in [-0.2, -0.15) is 0 Å². The molecule has 1 aliphatic heterocycles. The molecule has 0 radical (unpaired) electrons. The number of allylic oxidation sites excluding steroid dienone is 2. The van der Waals surface area contributed by atoms with Crippen molar-refractivity contribution in [3.8, 4) is 0 Å². The quantitative estimate of drug-likeness (QED) is 0.511. The molecule has 1 heterocycles. The van der Waals surface area contributed by atoms with Crippen molar-refractivity contribution < 1.29 is 48.0 Å². The van der Waals surface area contributed by atoms with Crippen molar-refractivity contribution in [2.75, 3.05) is 0 Å². The molecule has 0 N–H and O–H groups in total. The molecule has 0 aromatic heterocycles. The van der Waals surface area contributed by atoms with Crippen molar-refractivity contribution in [1.29, 1.82) is 0 Å². The van der Waals surface area contributed by atoms with Crippen LogP contribution in [0.4, 0.5) is 0 Å². The van der Waals surface area contributed by atoms with E-state index in [2.05, 4.69) is 80.6 Å². The number of rotatable bonds is 0. The van der Waals surface area contributed by atoms with Gasteiger partial charge in [-0.25, -0.2) is 0 Å². The number of benzene rings is 2. The normalized spacial score (nSPS) is 26.2. The molecule has 1 saturated heterocycles. The van der Waals surface area contributed by atoms with E-state index in [-0.39, 0.29) is 30.2 Å². The van der Waals surface area contributed by atoms with E-state index in [1.807, 2.05) is 0 Å². The average Bonchev–Trinajstić information content (AvgIpc) is 3.14. The van der Waals surface area contributed by atoms with Gasteiger partial charge < -0.3 is 24.8 Å². The van der Waals surface area contributed by atoms with Crippen LogP contribution in [0, 0.1) is 5.41 Å². The number of hydrogen-bond acceptors (Lipinski definition) is 0. The summed E-state index contributed by atoms with van der Waals surface area (Å²) in [6, 6.07) is 18.1. The van der Waals surface area contributed by atoms with Crippen molar-refractivity contribution >= 4 is 12.2 Å². The molecule has 3 aliphatic rings. The van der Waals surface area contributed by atoms with E-state index >= 15 is 0 Å². The third-order valence-corrected chi connectivity index (χ3v) is 11.9. The molecule has 0 nitrogen and oxygen atoms in total. The molecule has 0 saturated carbocycles. The van der Waals surface area contributed by atoms with E-state index < -0.39 is 23.2 Å². The fraction of sp³-hybridized carbons (Fsp3) is 0.238. The standard InChI is InChI=1S/C21H18.2ClH.Zr/c1-21(2,18-13-16-8-3-4-9-17(16)14-18)20-12-11-15-7-5-6-10-19(15)20;;;/h3-14H,1-2H3;2*1H;/q;;;+2/p-2. The Hall–Kier alpha value is -0.617. The molecule has 2 aromatic rings. The Morgan fingerprint density at radius 2 is 1.54 bits per heavy atom. The molecule has 2 aliphatic carbocycles. The molecular weight excluding hydrogens is 414 g/mol. The van der Waals surface area contributed by atoms with Crippen molar-refractivity contribution in [1.82, 2.24) is 0 Å². The van der Waals surface area contributed by atoms with Crippen LogP contribution in [0.2, 0.25) is 0 Å². The van der Waals surface area contributed by atoms with E-state index in [4.69, 9.17) is 0 Å². The SMILES string of the molecule is CC1(C)C2=Cc3ccccc3[CH]2[Zr+2][C]12C=Cc1ccccc12.[Cl-].[Cl-]. The summed E-state index contributed by atoms with van der Waals surface area (Å²) in [4.78, 5) is 0. The minimum absolute atomic E-state index is 0. The minimum atomic E-state index is -0.680. The third kappa shape index (κ3) is 2.08. The van der Waals surface area contributed by atoms with Crippen LogP contribution in [-0.4, -0.2) is 0 Å². The first-order valence-electron chi connectivity index (χ1n) is 8.01. The van der Waals surface area contributed by atoms with Crippen LogP contribution in [0.15, 0.2) is 60.2 Å². The number of fused-ring (bicyclic) bond motifs is 5. The Labute approximate surface area is 167 Å². The van der Waals surface area contributed by atoms with Crippen LogP contribution < -0.4 is 24.8 Å². The second-order valence-corrected chi connectivity index (χ2v) is 11.2. The topological polar surface area (TPSA) is 0 Å². The molecule has 24 heavy (non-hydrogen) atoms. The predicted molar refractivity (Wildman–Crippen MR) is 88.1 cm³/mol. The van der Waals surface area contributed by atoms with Gasteiger partial charge in [0.1, 0.15) is 0 Å². The maximum atomic E-state index is 2.56. The summed E-state index contributed by atoms with van der Waals surface area (Å²) >= 11 is -0.680. The van der Waals surface area contributed by atoms with Crippen LogP contribution in [0.5, 0.6) is 0 Å². The van der Waals surface area contributed by atoms with Crippen molar-refractivity contribution in [3.05, 3.63) is 82.4 Å². The summed E-state index contributed by atoms with van der Waals surface area (Å²) in [6.45, 7) is 4.97. The van der Waals surface area contributed by atoms with E-state index in [0.29, 0.717) is 3.12 Å². The molecule has 2 aromatic carbocycles. The summed E-state index contributed by atoms with van der Waals surface area (Å²) in [5.41, 5.74) is 8.06.